The van der Waals surface area contributed by atoms with Gasteiger partial charge in [0.1, 0.15) is 0 Å². The van der Waals surface area contributed by atoms with Crippen LogP contribution in [0.3, 0.4) is 0 Å². The molecule has 33 heavy (non-hydrogen) atoms. The fourth-order valence-electron chi connectivity index (χ4n) is 4.26. The number of benzene rings is 2. The molecule has 0 atom stereocenters. The molecule has 2 aromatic rings. The summed E-state index contributed by atoms with van der Waals surface area (Å²) in [6.45, 7) is 6.08. The topological polar surface area (TPSA) is 79.0 Å². The van der Waals surface area contributed by atoms with E-state index in [4.69, 9.17) is 4.74 Å². The molecule has 2 heterocycles. The van der Waals surface area contributed by atoms with E-state index in [0.717, 1.165) is 57.7 Å². The fourth-order valence-corrected chi connectivity index (χ4v) is 5.87. The van der Waals surface area contributed by atoms with Crippen LogP contribution in [0.15, 0.2) is 48.5 Å². The summed E-state index contributed by atoms with van der Waals surface area (Å²) in [5.74, 6) is -0.191. The van der Waals surface area contributed by atoms with E-state index in [9.17, 15) is 13.2 Å². The molecule has 2 aliphatic rings. The standard InChI is InChI=1S/C25H33N3O4S/c29-25(26-18-21-4-6-22(7-5-21)19-27-14-16-32-17-15-27)24-10-8-23(9-11-24)20-33(30,31)28-12-2-1-3-13-28/h4-11H,1-3,12-20H2,(H,26,29). The third kappa shape index (κ3) is 6.86. The third-order valence-electron chi connectivity index (χ3n) is 6.26. The highest BCUT2D eigenvalue weighted by atomic mass is 32.2. The van der Waals surface area contributed by atoms with Crippen LogP contribution in [0, 0.1) is 0 Å². The molecule has 178 valence electrons. The van der Waals surface area contributed by atoms with Crippen LogP contribution in [0.4, 0.5) is 0 Å². The molecule has 0 radical (unpaired) electrons. The van der Waals surface area contributed by atoms with Gasteiger partial charge < -0.3 is 10.1 Å². The number of carbonyl (C=O) groups is 1. The Hall–Kier alpha value is -2.26. The van der Waals surface area contributed by atoms with Crippen molar-refractivity contribution in [1.29, 1.82) is 0 Å². The van der Waals surface area contributed by atoms with Crippen molar-refractivity contribution in [2.45, 2.75) is 38.1 Å². The summed E-state index contributed by atoms with van der Waals surface area (Å²) in [6.07, 6.45) is 2.94. The third-order valence-corrected chi connectivity index (χ3v) is 8.11. The molecule has 0 spiro atoms. The molecular formula is C25H33N3O4S. The average Bonchev–Trinajstić information content (AvgIpc) is 2.85. The molecule has 7 nitrogen and oxygen atoms in total. The number of rotatable bonds is 8. The predicted octanol–water partition coefficient (Wildman–Crippen LogP) is 2.76. The van der Waals surface area contributed by atoms with Crippen molar-refractivity contribution < 1.29 is 17.9 Å². The number of hydrogen-bond acceptors (Lipinski definition) is 5. The average molecular weight is 472 g/mol. The summed E-state index contributed by atoms with van der Waals surface area (Å²) >= 11 is 0. The van der Waals surface area contributed by atoms with Crippen LogP contribution >= 0.6 is 0 Å². The Balaban J connectivity index is 1.26. The zero-order valence-corrected chi connectivity index (χ0v) is 19.9. The van der Waals surface area contributed by atoms with Crippen molar-refractivity contribution in [2.24, 2.45) is 0 Å². The van der Waals surface area contributed by atoms with Gasteiger partial charge in [0.2, 0.25) is 10.0 Å². The van der Waals surface area contributed by atoms with E-state index < -0.39 is 10.0 Å². The first-order valence-corrected chi connectivity index (χ1v) is 13.3. The number of carbonyl (C=O) groups excluding carboxylic acids is 1. The first-order valence-electron chi connectivity index (χ1n) is 11.7. The van der Waals surface area contributed by atoms with Gasteiger partial charge in [0.25, 0.3) is 5.91 Å². The van der Waals surface area contributed by atoms with E-state index >= 15 is 0 Å². The van der Waals surface area contributed by atoms with Gasteiger partial charge in [0, 0.05) is 44.8 Å². The number of hydrogen-bond donors (Lipinski definition) is 1. The molecule has 4 rings (SSSR count). The van der Waals surface area contributed by atoms with Crippen molar-refractivity contribution in [3.63, 3.8) is 0 Å². The maximum Gasteiger partial charge on any atom is 0.251 e. The number of amides is 1. The van der Waals surface area contributed by atoms with Gasteiger partial charge in [-0.1, -0.05) is 42.8 Å². The van der Waals surface area contributed by atoms with E-state index in [1.807, 2.05) is 12.1 Å². The van der Waals surface area contributed by atoms with Crippen molar-refractivity contribution in [3.8, 4) is 0 Å². The smallest absolute Gasteiger partial charge is 0.251 e. The highest BCUT2D eigenvalue weighted by Gasteiger charge is 2.24. The Bertz CT molecular complexity index is 1010. The van der Waals surface area contributed by atoms with Crippen LogP contribution in [-0.2, 0) is 33.6 Å². The second-order valence-electron chi connectivity index (χ2n) is 8.80. The Kier molecular flexibility index (Phi) is 8.14. The summed E-state index contributed by atoms with van der Waals surface area (Å²) < 4.78 is 32.2. The minimum Gasteiger partial charge on any atom is -0.379 e. The number of piperidine rings is 1. The van der Waals surface area contributed by atoms with E-state index in [-0.39, 0.29) is 11.7 Å². The monoisotopic (exact) mass is 471 g/mol. The molecule has 2 saturated heterocycles. The van der Waals surface area contributed by atoms with Gasteiger partial charge in [-0.3, -0.25) is 9.69 Å². The molecule has 0 aliphatic carbocycles. The summed E-state index contributed by atoms with van der Waals surface area (Å²) in [5.41, 5.74) is 3.52. The van der Waals surface area contributed by atoms with Gasteiger partial charge in [0.05, 0.1) is 19.0 Å². The first kappa shape index (κ1) is 23.9. The zero-order valence-electron chi connectivity index (χ0n) is 19.0. The van der Waals surface area contributed by atoms with Crippen LogP contribution in [0.5, 0.6) is 0 Å². The summed E-state index contributed by atoms with van der Waals surface area (Å²) in [7, 11) is -3.31. The van der Waals surface area contributed by atoms with E-state index in [2.05, 4.69) is 22.3 Å². The second kappa shape index (κ2) is 11.2. The Morgan fingerprint density at radius 2 is 1.42 bits per heavy atom. The SMILES string of the molecule is O=C(NCc1ccc(CN2CCOCC2)cc1)c1ccc(CS(=O)(=O)N2CCCCC2)cc1. The predicted molar refractivity (Wildman–Crippen MR) is 128 cm³/mol. The lowest BCUT2D eigenvalue weighted by molar-refractivity contribution is 0.0342. The molecule has 0 unspecified atom stereocenters. The summed E-state index contributed by atoms with van der Waals surface area (Å²) in [5, 5.41) is 2.94. The molecule has 2 aromatic carbocycles. The van der Waals surface area contributed by atoms with Crippen LogP contribution in [0.25, 0.3) is 0 Å². The highest BCUT2D eigenvalue weighted by Crippen LogP contribution is 2.17. The van der Waals surface area contributed by atoms with E-state index in [1.54, 1.807) is 28.6 Å². The quantitative estimate of drug-likeness (QED) is 0.641. The molecule has 2 fully saturated rings. The Morgan fingerprint density at radius 1 is 0.818 bits per heavy atom. The first-order chi connectivity index (χ1) is 16.0. The molecule has 2 aliphatic heterocycles. The Morgan fingerprint density at radius 3 is 2.09 bits per heavy atom. The zero-order chi connectivity index (χ0) is 23.1. The molecule has 8 heteroatoms. The van der Waals surface area contributed by atoms with Crippen molar-refractivity contribution >= 4 is 15.9 Å². The fraction of sp³-hybridized carbons (Fsp3) is 0.480. The van der Waals surface area contributed by atoms with Crippen molar-refractivity contribution in [1.82, 2.24) is 14.5 Å². The van der Waals surface area contributed by atoms with Gasteiger partial charge >= 0.3 is 0 Å². The van der Waals surface area contributed by atoms with Gasteiger partial charge in [-0.05, 0) is 41.7 Å². The van der Waals surface area contributed by atoms with Crippen LogP contribution in [0.1, 0.15) is 46.3 Å². The van der Waals surface area contributed by atoms with Gasteiger partial charge in [0.15, 0.2) is 0 Å². The maximum atomic E-state index is 12.6. The highest BCUT2D eigenvalue weighted by molar-refractivity contribution is 7.88. The lowest BCUT2D eigenvalue weighted by Crippen LogP contribution is -2.36. The maximum absolute atomic E-state index is 12.6. The molecule has 0 bridgehead atoms. The normalized spacial score (nSPS) is 18.2. The van der Waals surface area contributed by atoms with Crippen LogP contribution < -0.4 is 5.32 Å². The van der Waals surface area contributed by atoms with E-state index in [0.29, 0.717) is 30.8 Å². The van der Waals surface area contributed by atoms with Gasteiger partial charge in [-0.15, -0.1) is 0 Å². The van der Waals surface area contributed by atoms with Crippen molar-refractivity contribution in [2.75, 3.05) is 39.4 Å². The number of sulfonamides is 1. The van der Waals surface area contributed by atoms with Gasteiger partial charge in [-0.2, -0.15) is 0 Å². The second-order valence-corrected chi connectivity index (χ2v) is 10.8. The Labute approximate surface area is 196 Å². The summed E-state index contributed by atoms with van der Waals surface area (Å²) in [4.78, 5) is 14.9. The number of nitrogens with one attached hydrogen (secondary N) is 1. The van der Waals surface area contributed by atoms with Crippen LogP contribution in [0.2, 0.25) is 0 Å². The minimum absolute atomic E-state index is 0.0221. The molecular weight excluding hydrogens is 438 g/mol. The summed E-state index contributed by atoms with van der Waals surface area (Å²) in [6, 6.07) is 15.2. The lowest BCUT2D eigenvalue weighted by Gasteiger charge is -2.26. The number of ether oxygens (including phenoxy) is 1. The largest absolute Gasteiger partial charge is 0.379 e. The number of morpholine rings is 1. The minimum atomic E-state index is -3.31. The van der Waals surface area contributed by atoms with E-state index in [1.165, 1.54) is 5.56 Å². The molecule has 1 amide bonds. The molecule has 1 N–H and O–H groups in total. The van der Waals surface area contributed by atoms with Crippen LogP contribution in [-0.4, -0.2) is 62.9 Å². The van der Waals surface area contributed by atoms with Crippen molar-refractivity contribution in [3.05, 3.63) is 70.8 Å². The number of nitrogens with zero attached hydrogens (tertiary/aromatic N) is 2. The molecule has 0 aromatic heterocycles. The van der Waals surface area contributed by atoms with Gasteiger partial charge in [-0.25, -0.2) is 12.7 Å². The lowest BCUT2D eigenvalue weighted by atomic mass is 10.1. The molecule has 0 saturated carbocycles.